The molecule has 1 aliphatic carbocycles. The highest BCUT2D eigenvalue weighted by atomic mass is 79.9. The number of fused-ring (bicyclic) bond motifs is 1. The molecule has 0 atom stereocenters. The molecule has 4 rings (SSSR count). The van der Waals surface area contributed by atoms with Crippen LogP contribution in [0.25, 0.3) is 10.8 Å². The normalized spacial score (nSPS) is 14.6. The van der Waals surface area contributed by atoms with Crippen molar-refractivity contribution in [1.29, 1.82) is 0 Å². The summed E-state index contributed by atoms with van der Waals surface area (Å²) in [6.07, 6.45) is 4.22. The number of hydrogen-bond acceptors (Lipinski definition) is 3. The van der Waals surface area contributed by atoms with E-state index < -0.39 is 0 Å². The van der Waals surface area contributed by atoms with E-state index in [1.165, 1.54) is 0 Å². The van der Waals surface area contributed by atoms with E-state index in [1.807, 2.05) is 36.4 Å². The summed E-state index contributed by atoms with van der Waals surface area (Å²) in [6, 6.07) is 14.9. The second-order valence-electron chi connectivity index (χ2n) is 6.87. The Bertz CT molecular complexity index is 1040. The van der Waals surface area contributed by atoms with Crippen LogP contribution >= 0.6 is 15.9 Å². The summed E-state index contributed by atoms with van der Waals surface area (Å²) in [5.74, 6) is -0.160. The molecule has 1 fully saturated rings. The molecule has 138 valence electrons. The molecule has 0 bridgehead atoms. The van der Waals surface area contributed by atoms with E-state index in [1.54, 1.807) is 16.8 Å². The molecule has 0 unspecified atom stereocenters. The fraction of sp³-hybridized carbons (Fsp3) is 0.286. The lowest BCUT2D eigenvalue weighted by Gasteiger charge is -2.16. The van der Waals surface area contributed by atoms with Crippen LogP contribution in [-0.4, -0.2) is 15.7 Å². The molecule has 3 aromatic rings. The summed E-state index contributed by atoms with van der Waals surface area (Å²) in [4.78, 5) is 25.3. The van der Waals surface area contributed by atoms with Crippen LogP contribution in [0.5, 0.6) is 0 Å². The van der Waals surface area contributed by atoms with Gasteiger partial charge in [-0.05, 0) is 43.2 Å². The highest BCUT2D eigenvalue weighted by Gasteiger charge is 2.21. The molecule has 5 nitrogen and oxygen atoms in total. The molecule has 1 heterocycles. The fourth-order valence-electron chi connectivity index (χ4n) is 3.67. The van der Waals surface area contributed by atoms with Crippen LogP contribution in [0.3, 0.4) is 0 Å². The average Bonchev–Trinajstić information content (AvgIpc) is 3.22. The number of nitrogens with zero attached hydrogens (tertiary/aromatic N) is 2. The Morgan fingerprint density at radius 3 is 2.44 bits per heavy atom. The zero-order chi connectivity index (χ0) is 18.8. The van der Waals surface area contributed by atoms with Crippen LogP contribution in [-0.2, 0) is 6.54 Å². The van der Waals surface area contributed by atoms with Crippen LogP contribution in [0.2, 0.25) is 0 Å². The molecule has 0 radical (unpaired) electrons. The molecule has 1 aliphatic rings. The summed E-state index contributed by atoms with van der Waals surface area (Å²) in [6.45, 7) is 0.280. The van der Waals surface area contributed by atoms with Crippen LogP contribution in [0, 0.1) is 0 Å². The van der Waals surface area contributed by atoms with Crippen molar-refractivity contribution < 1.29 is 4.79 Å². The molecule has 1 saturated carbocycles. The van der Waals surface area contributed by atoms with Gasteiger partial charge in [0.2, 0.25) is 0 Å². The molecule has 2 aromatic carbocycles. The summed E-state index contributed by atoms with van der Waals surface area (Å²) in [7, 11) is 0. The van der Waals surface area contributed by atoms with Crippen molar-refractivity contribution in [3.05, 3.63) is 74.6 Å². The summed E-state index contributed by atoms with van der Waals surface area (Å²) < 4.78 is 2.56. The Morgan fingerprint density at radius 2 is 1.74 bits per heavy atom. The smallest absolute Gasteiger partial charge is 0.274 e. The van der Waals surface area contributed by atoms with Crippen molar-refractivity contribution in [2.75, 3.05) is 0 Å². The van der Waals surface area contributed by atoms with Gasteiger partial charge in [-0.2, -0.15) is 5.10 Å². The molecule has 27 heavy (non-hydrogen) atoms. The Balaban J connectivity index is 1.66. The highest BCUT2D eigenvalue weighted by Crippen LogP contribution is 2.28. The van der Waals surface area contributed by atoms with Crippen molar-refractivity contribution >= 4 is 32.6 Å². The second-order valence-corrected chi connectivity index (χ2v) is 7.79. The van der Waals surface area contributed by atoms with Gasteiger partial charge < -0.3 is 5.32 Å². The van der Waals surface area contributed by atoms with E-state index in [-0.39, 0.29) is 24.1 Å². The Hall–Kier alpha value is -2.47. The Kier molecular flexibility index (Phi) is 5.07. The van der Waals surface area contributed by atoms with Crippen molar-refractivity contribution in [3.63, 3.8) is 0 Å². The van der Waals surface area contributed by atoms with Crippen molar-refractivity contribution in [2.45, 2.75) is 38.3 Å². The maximum atomic E-state index is 12.9. The first-order valence-corrected chi connectivity index (χ1v) is 9.97. The molecule has 1 N–H and O–H groups in total. The molecular formula is C21H20BrN3O2. The molecular weight excluding hydrogens is 406 g/mol. The van der Waals surface area contributed by atoms with Crippen molar-refractivity contribution in [3.8, 4) is 0 Å². The minimum Gasteiger partial charge on any atom is -0.346 e. The molecule has 0 aliphatic heterocycles. The Labute approximate surface area is 165 Å². The number of rotatable bonds is 4. The van der Waals surface area contributed by atoms with Gasteiger partial charge in [-0.25, -0.2) is 4.68 Å². The number of benzene rings is 2. The standard InChI is InChI=1S/C21H20BrN3O2/c22-15-11-9-14(10-12-15)20(26)23-13-19-17-7-3-4-8-18(17)21(27)25(24-19)16-5-1-2-6-16/h3-4,7-12,16H,1-2,5-6,13H2,(H,23,26). The van der Waals surface area contributed by atoms with Crippen LogP contribution in [0.1, 0.15) is 47.8 Å². The first kappa shape index (κ1) is 17.9. The number of halogens is 1. The van der Waals surface area contributed by atoms with E-state index in [2.05, 4.69) is 26.3 Å². The van der Waals surface area contributed by atoms with Gasteiger partial charge in [-0.3, -0.25) is 9.59 Å². The third-order valence-electron chi connectivity index (χ3n) is 5.10. The van der Waals surface area contributed by atoms with Gasteiger partial charge in [-0.1, -0.05) is 47.0 Å². The molecule has 6 heteroatoms. The quantitative estimate of drug-likeness (QED) is 0.680. The minimum absolute atomic E-state index is 0.0412. The third-order valence-corrected chi connectivity index (χ3v) is 5.63. The monoisotopic (exact) mass is 425 g/mol. The second kappa shape index (κ2) is 7.64. The number of carbonyl (C=O) groups is 1. The number of amides is 1. The predicted molar refractivity (Wildman–Crippen MR) is 109 cm³/mol. The lowest BCUT2D eigenvalue weighted by molar-refractivity contribution is 0.0950. The van der Waals surface area contributed by atoms with Gasteiger partial charge in [0.1, 0.15) is 0 Å². The highest BCUT2D eigenvalue weighted by molar-refractivity contribution is 9.10. The van der Waals surface area contributed by atoms with E-state index in [9.17, 15) is 9.59 Å². The summed E-state index contributed by atoms with van der Waals surface area (Å²) >= 11 is 3.37. The molecule has 0 spiro atoms. The first-order valence-electron chi connectivity index (χ1n) is 9.17. The maximum absolute atomic E-state index is 12.9. The zero-order valence-electron chi connectivity index (χ0n) is 14.8. The van der Waals surface area contributed by atoms with Crippen LogP contribution < -0.4 is 10.9 Å². The number of hydrogen-bond donors (Lipinski definition) is 1. The number of nitrogens with one attached hydrogen (secondary N) is 1. The van der Waals surface area contributed by atoms with E-state index in [4.69, 9.17) is 0 Å². The topological polar surface area (TPSA) is 64.0 Å². The van der Waals surface area contributed by atoms with E-state index >= 15 is 0 Å². The fourth-order valence-corrected chi connectivity index (χ4v) is 3.93. The largest absolute Gasteiger partial charge is 0.346 e. The SMILES string of the molecule is O=C(NCc1nn(C2CCCC2)c(=O)c2ccccc12)c1ccc(Br)cc1. The van der Waals surface area contributed by atoms with Crippen LogP contribution in [0.15, 0.2) is 57.8 Å². The zero-order valence-corrected chi connectivity index (χ0v) is 16.4. The average molecular weight is 426 g/mol. The van der Waals surface area contributed by atoms with Gasteiger partial charge in [-0.15, -0.1) is 0 Å². The summed E-state index contributed by atoms with van der Waals surface area (Å²) in [5, 5.41) is 9.03. The first-order chi connectivity index (χ1) is 13.1. The number of aromatic nitrogens is 2. The minimum atomic E-state index is -0.160. The third kappa shape index (κ3) is 3.67. The predicted octanol–water partition coefficient (Wildman–Crippen LogP) is 4.20. The van der Waals surface area contributed by atoms with Crippen LogP contribution in [0.4, 0.5) is 0 Å². The summed E-state index contributed by atoms with van der Waals surface area (Å²) in [5.41, 5.74) is 1.27. The maximum Gasteiger partial charge on any atom is 0.274 e. The Morgan fingerprint density at radius 1 is 1.07 bits per heavy atom. The number of carbonyl (C=O) groups excluding carboxylic acids is 1. The van der Waals surface area contributed by atoms with E-state index in [0.717, 1.165) is 41.2 Å². The van der Waals surface area contributed by atoms with E-state index in [0.29, 0.717) is 10.9 Å². The van der Waals surface area contributed by atoms with Gasteiger partial charge in [0.15, 0.2) is 0 Å². The van der Waals surface area contributed by atoms with Gasteiger partial charge in [0, 0.05) is 15.4 Å². The molecule has 1 amide bonds. The van der Waals surface area contributed by atoms with Gasteiger partial charge in [0.05, 0.1) is 23.7 Å². The van der Waals surface area contributed by atoms with Crippen molar-refractivity contribution in [1.82, 2.24) is 15.1 Å². The molecule has 0 saturated heterocycles. The lowest BCUT2D eigenvalue weighted by atomic mass is 10.1. The van der Waals surface area contributed by atoms with Gasteiger partial charge >= 0.3 is 0 Å². The van der Waals surface area contributed by atoms with Crippen molar-refractivity contribution in [2.24, 2.45) is 0 Å². The van der Waals surface area contributed by atoms with Gasteiger partial charge in [0.25, 0.3) is 11.5 Å². The molecule has 1 aromatic heterocycles. The lowest BCUT2D eigenvalue weighted by Crippen LogP contribution is -2.30.